The molecule has 3 heterocycles. The number of aromatic nitrogens is 6. The average Bonchev–Trinajstić information content (AvgIpc) is 3.50. The van der Waals surface area contributed by atoms with E-state index in [2.05, 4.69) is 25.3 Å². The van der Waals surface area contributed by atoms with Crippen LogP contribution in [-0.2, 0) is 20.3 Å². The normalized spacial score (nSPS) is 15.4. The lowest BCUT2D eigenvalue weighted by molar-refractivity contribution is 0.0947. The highest BCUT2D eigenvalue weighted by Gasteiger charge is 2.36. The van der Waals surface area contributed by atoms with Gasteiger partial charge in [-0.15, -0.1) is 10.2 Å². The minimum Gasteiger partial charge on any atom is -0.495 e. The lowest BCUT2D eigenvalue weighted by atomic mass is 10.1. The van der Waals surface area contributed by atoms with Gasteiger partial charge < -0.3 is 14.0 Å². The molecule has 0 saturated heterocycles. The zero-order chi connectivity index (χ0) is 27.0. The van der Waals surface area contributed by atoms with E-state index in [1.54, 1.807) is 37.1 Å². The molecule has 1 saturated carbocycles. The lowest BCUT2D eigenvalue weighted by Gasteiger charge is -2.22. The third-order valence-corrected chi connectivity index (χ3v) is 8.78. The smallest absolute Gasteiger partial charge is 0.190 e. The van der Waals surface area contributed by atoms with Crippen LogP contribution < -0.4 is 4.74 Å². The molecule has 2 atom stereocenters. The molecule has 0 amide bonds. The number of aryl methyl sites for hydroxylation is 2. The molecule has 5 rings (SSSR count). The Balaban J connectivity index is 1.57. The molecular weight excluding hydrogens is 508 g/mol. The fraction of sp³-hybridized carbons (Fsp3) is 0.423. The Hall–Kier alpha value is -3.64. The summed E-state index contributed by atoms with van der Waals surface area (Å²) in [5, 5.41) is 11.9. The summed E-state index contributed by atoms with van der Waals surface area (Å²) in [6.45, 7) is 5.36. The van der Waals surface area contributed by atoms with Gasteiger partial charge in [0.2, 0.25) is 0 Å². The maximum atomic E-state index is 13.7. The van der Waals surface area contributed by atoms with E-state index in [0.29, 0.717) is 34.7 Å². The van der Waals surface area contributed by atoms with E-state index in [1.807, 2.05) is 32.0 Å². The van der Waals surface area contributed by atoms with Crippen LogP contribution in [0.4, 0.5) is 0 Å². The van der Waals surface area contributed by atoms with Crippen molar-refractivity contribution < 1.29 is 22.4 Å². The molecule has 11 nitrogen and oxygen atoms in total. The molecule has 1 aliphatic carbocycles. The van der Waals surface area contributed by atoms with E-state index in [1.165, 1.54) is 7.11 Å². The SMILES string of the molecule is COc1cccc(C)c1-n1c(CS(=O)(=O)[C@@H](C)[C@H](OC)c2ncc(C)cn2)nnc1-c1cc(C2CC2)on1. The minimum absolute atomic E-state index is 0.218. The van der Waals surface area contributed by atoms with Crippen molar-refractivity contribution in [1.29, 1.82) is 0 Å². The van der Waals surface area contributed by atoms with Gasteiger partial charge in [0.15, 0.2) is 33.0 Å². The molecule has 0 spiro atoms. The van der Waals surface area contributed by atoms with Gasteiger partial charge in [0, 0.05) is 31.5 Å². The predicted molar refractivity (Wildman–Crippen MR) is 139 cm³/mol. The topological polar surface area (TPSA) is 135 Å². The second kappa shape index (κ2) is 10.3. The van der Waals surface area contributed by atoms with Crippen molar-refractivity contribution in [3.8, 4) is 23.0 Å². The highest BCUT2D eigenvalue weighted by Crippen LogP contribution is 2.41. The number of methoxy groups -OCH3 is 2. The molecule has 0 radical (unpaired) electrons. The Labute approximate surface area is 221 Å². The Kier molecular flexibility index (Phi) is 7.01. The van der Waals surface area contributed by atoms with Crippen LogP contribution in [0.5, 0.6) is 5.75 Å². The van der Waals surface area contributed by atoms with Gasteiger partial charge in [-0.25, -0.2) is 18.4 Å². The molecule has 38 heavy (non-hydrogen) atoms. The van der Waals surface area contributed by atoms with Crippen LogP contribution in [0.1, 0.15) is 60.3 Å². The first-order chi connectivity index (χ1) is 18.2. The number of benzene rings is 1. The Morgan fingerprint density at radius 3 is 2.53 bits per heavy atom. The van der Waals surface area contributed by atoms with Gasteiger partial charge in [-0.1, -0.05) is 17.3 Å². The molecule has 0 N–H and O–H groups in total. The fourth-order valence-electron chi connectivity index (χ4n) is 4.41. The molecule has 12 heteroatoms. The Morgan fingerprint density at radius 2 is 1.87 bits per heavy atom. The average molecular weight is 539 g/mol. The van der Waals surface area contributed by atoms with Crippen molar-refractivity contribution in [2.75, 3.05) is 14.2 Å². The minimum atomic E-state index is -3.83. The first-order valence-electron chi connectivity index (χ1n) is 12.3. The van der Waals surface area contributed by atoms with Gasteiger partial charge in [0.05, 0.1) is 18.0 Å². The van der Waals surface area contributed by atoms with E-state index in [-0.39, 0.29) is 5.82 Å². The molecular formula is C26H30N6O5S. The van der Waals surface area contributed by atoms with Crippen LogP contribution in [0.15, 0.2) is 41.2 Å². The highest BCUT2D eigenvalue weighted by atomic mass is 32.2. The Morgan fingerprint density at radius 1 is 1.13 bits per heavy atom. The van der Waals surface area contributed by atoms with Crippen LogP contribution in [0.3, 0.4) is 0 Å². The first-order valence-corrected chi connectivity index (χ1v) is 14.0. The van der Waals surface area contributed by atoms with Crippen molar-refractivity contribution in [3.63, 3.8) is 0 Å². The third kappa shape index (κ3) is 4.93. The van der Waals surface area contributed by atoms with Gasteiger partial charge in [0.1, 0.15) is 23.4 Å². The second-order valence-electron chi connectivity index (χ2n) is 9.58. The predicted octanol–water partition coefficient (Wildman–Crippen LogP) is 3.91. The Bertz CT molecular complexity index is 1540. The number of rotatable bonds is 10. The molecule has 0 aliphatic heterocycles. The third-order valence-electron chi connectivity index (χ3n) is 6.74. The maximum Gasteiger partial charge on any atom is 0.190 e. The van der Waals surface area contributed by atoms with E-state index in [4.69, 9.17) is 14.0 Å². The molecule has 0 bridgehead atoms. The van der Waals surface area contributed by atoms with Crippen molar-refractivity contribution in [3.05, 3.63) is 65.2 Å². The van der Waals surface area contributed by atoms with E-state index < -0.39 is 26.9 Å². The number of para-hydroxylation sites is 1. The molecule has 200 valence electrons. The zero-order valence-corrected chi connectivity index (χ0v) is 22.8. The zero-order valence-electron chi connectivity index (χ0n) is 22.0. The van der Waals surface area contributed by atoms with E-state index in [0.717, 1.165) is 29.7 Å². The fourth-order valence-corrected chi connectivity index (χ4v) is 5.82. The quantitative estimate of drug-likeness (QED) is 0.292. The van der Waals surface area contributed by atoms with Crippen LogP contribution >= 0.6 is 0 Å². The van der Waals surface area contributed by atoms with Gasteiger partial charge in [0.25, 0.3) is 0 Å². The summed E-state index contributed by atoms with van der Waals surface area (Å²) >= 11 is 0. The van der Waals surface area contributed by atoms with Crippen LogP contribution in [0, 0.1) is 13.8 Å². The van der Waals surface area contributed by atoms with Crippen molar-refractivity contribution in [2.45, 2.75) is 56.6 Å². The van der Waals surface area contributed by atoms with Crippen molar-refractivity contribution in [1.82, 2.24) is 29.9 Å². The lowest BCUT2D eigenvalue weighted by Crippen LogP contribution is -2.30. The number of ether oxygens (including phenoxy) is 2. The monoisotopic (exact) mass is 538 g/mol. The van der Waals surface area contributed by atoms with Crippen LogP contribution in [-0.4, -0.2) is 57.8 Å². The van der Waals surface area contributed by atoms with E-state index >= 15 is 0 Å². The summed E-state index contributed by atoms with van der Waals surface area (Å²) in [6.07, 6.45) is 4.52. The van der Waals surface area contributed by atoms with Gasteiger partial charge in [-0.05, 0) is 50.8 Å². The first kappa shape index (κ1) is 26.0. The maximum absolute atomic E-state index is 13.7. The summed E-state index contributed by atoms with van der Waals surface area (Å²) < 4.78 is 45.9. The summed E-state index contributed by atoms with van der Waals surface area (Å²) in [4.78, 5) is 8.57. The molecule has 3 aromatic heterocycles. The van der Waals surface area contributed by atoms with Gasteiger partial charge in [-0.3, -0.25) is 4.57 Å². The van der Waals surface area contributed by atoms with Gasteiger partial charge >= 0.3 is 0 Å². The number of hydrogen-bond acceptors (Lipinski definition) is 10. The molecule has 1 aliphatic rings. The van der Waals surface area contributed by atoms with Gasteiger partial charge in [-0.2, -0.15) is 0 Å². The molecule has 1 fully saturated rings. The van der Waals surface area contributed by atoms with Crippen molar-refractivity contribution >= 4 is 9.84 Å². The summed E-state index contributed by atoms with van der Waals surface area (Å²) in [5.41, 5.74) is 2.83. The van der Waals surface area contributed by atoms with Crippen molar-refractivity contribution in [2.24, 2.45) is 0 Å². The number of sulfone groups is 1. The summed E-state index contributed by atoms with van der Waals surface area (Å²) in [5.74, 6) is 2.17. The summed E-state index contributed by atoms with van der Waals surface area (Å²) in [6, 6.07) is 7.43. The van der Waals surface area contributed by atoms with Crippen LogP contribution in [0.25, 0.3) is 17.2 Å². The number of nitrogens with zero attached hydrogens (tertiary/aromatic N) is 6. The molecule has 4 aromatic rings. The van der Waals surface area contributed by atoms with E-state index in [9.17, 15) is 8.42 Å². The van der Waals surface area contributed by atoms with Crippen LogP contribution in [0.2, 0.25) is 0 Å². The standard InChI is InChI=1S/C26H30N6O5S/c1-15-12-27-25(28-13-15)24(36-5)17(3)38(33,34)14-22-29-30-26(19-11-21(37-31-19)18-9-10-18)32(22)23-16(2)7-6-8-20(23)35-4/h6-8,11-13,17-18,24H,9-10,14H2,1-5H3/t17-,24-/m0/s1. The summed E-state index contributed by atoms with van der Waals surface area (Å²) in [7, 11) is -0.818. The molecule has 1 aromatic carbocycles. The largest absolute Gasteiger partial charge is 0.495 e. The second-order valence-corrected chi connectivity index (χ2v) is 11.9. The number of hydrogen-bond donors (Lipinski definition) is 0. The molecule has 0 unspecified atom stereocenters. The highest BCUT2D eigenvalue weighted by molar-refractivity contribution is 7.91.